The minimum Gasteiger partial charge on any atom is -0.367 e. The van der Waals surface area contributed by atoms with E-state index in [2.05, 4.69) is 20.5 Å². The zero-order valence-corrected chi connectivity index (χ0v) is 10.0. The fourth-order valence-corrected chi connectivity index (χ4v) is 1.99. The van der Waals surface area contributed by atoms with Crippen molar-refractivity contribution in [3.63, 3.8) is 0 Å². The van der Waals surface area contributed by atoms with Crippen LogP contribution < -0.4 is 10.6 Å². The van der Waals surface area contributed by atoms with E-state index in [1.165, 1.54) is 5.56 Å². The number of amides is 1. The Hall–Kier alpha value is -1.33. The molecule has 1 saturated heterocycles. The van der Waals surface area contributed by atoms with E-state index in [1.807, 2.05) is 18.5 Å². The third-order valence-corrected chi connectivity index (χ3v) is 2.98. The highest BCUT2D eigenvalue weighted by Gasteiger charge is 2.12. The number of piperazine rings is 1. The number of nitrogens with zero attached hydrogens (tertiary/aromatic N) is 1. The first kappa shape index (κ1) is 12.1. The van der Waals surface area contributed by atoms with Gasteiger partial charge in [0.2, 0.25) is 5.91 Å². The Kier molecular flexibility index (Phi) is 4.58. The monoisotopic (exact) mass is 236 g/mol. The van der Waals surface area contributed by atoms with Crippen molar-refractivity contribution in [3.8, 4) is 0 Å². The minimum atomic E-state index is 0.127. The van der Waals surface area contributed by atoms with E-state index in [-0.39, 0.29) is 5.91 Å². The number of nitrogens with one attached hydrogen (secondary N) is 3. The van der Waals surface area contributed by atoms with Crippen LogP contribution in [-0.2, 0) is 11.2 Å². The van der Waals surface area contributed by atoms with Gasteiger partial charge in [0.25, 0.3) is 0 Å². The topological polar surface area (TPSA) is 60.2 Å². The molecule has 1 aliphatic rings. The second-order valence-corrected chi connectivity index (χ2v) is 4.35. The fraction of sp³-hybridized carbons (Fsp3) is 0.583. The van der Waals surface area contributed by atoms with Crippen LogP contribution in [0.1, 0.15) is 5.56 Å². The van der Waals surface area contributed by atoms with Crippen LogP contribution >= 0.6 is 0 Å². The van der Waals surface area contributed by atoms with Gasteiger partial charge in [-0.05, 0) is 18.1 Å². The molecule has 17 heavy (non-hydrogen) atoms. The third kappa shape index (κ3) is 4.20. The zero-order valence-electron chi connectivity index (χ0n) is 10.0. The van der Waals surface area contributed by atoms with E-state index in [4.69, 9.17) is 0 Å². The summed E-state index contributed by atoms with van der Waals surface area (Å²) in [5.74, 6) is 0.127. The second-order valence-electron chi connectivity index (χ2n) is 4.35. The van der Waals surface area contributed by atoms with Crippen LogP contribution in [0.4, 0.5) is 0 Å². The van der Waals surface area contributed by atoms with E-state index in [9.17, 15) is 4.79 Å². The summed E-state index contributed by atoms with van der Waals surface area (Å²) < 4.78 is 0. The molecular weight excluding hydrogens is 216 g/mol. The van der Waals surface area contributed by atoms with Gasteiger partial charge in [-0.1, -0.05) is 0 Å². The number of aromatic nitrogens is 1. The average Bonchev–Trinajstić information content (AvgIpc) is 2.83. The van der Waals surface area contributed by atoms with Gasteiger partial charge in [0.15, 0.2) is 0 Å². The zero-order chi connectivity index (χ0) is 11.9. The molecule has 2 heterocycles. The lowest BCUT2D eigenvalue weighted by Crippen LogP contribution is -2.47. The van der Waals surface area contributed by atoms with Crippen molar-refractivity contribution in [3.05, 3.63) is 24.0 Å². The molecule has 0 saturated carbocycles. The Morgan fingerprint density at radius 2 is 2.24 bits per heavy atom. The van der Waals surface area contributed by atoms with Crippen molar-refractivity contribution in [2.45, 2.75) is 6.42 Å². The molecule has 1 fully saturated rings. The predicted molar refractivity (Wildman–Crippen MR) is 66.8 cm³/mol. The van der Waals surface area contributed by atoms with Crippen LogP contribution in [-0.4, -0.2) is 55.1 Å². The molecule has 0 spiro atoms. The first-order valence-electron chi connectivity index (χ1n) is 6.16. The largest absolute Gasteiger partial charge is 0.367 e. The van der Waals surface area contributed by atoms with Crippen molar-refractivity contribution < 1.29 is 4.79 Å². The molecule has 1 aliphatic heterocycles. The molecule has 0 radical (unpaired) electrons. The summed E-state index contributed by atoms with van der Waals surface area (Å²) in [6.45, 7) is 5.13. The number of carbonyl (C=O) groups is 1. The Morgan fingerprint density at radius 3 is 2.94 bits per heavy atom. The summed E-state index contributed by atoms with van der Waals surface area (Å²) in [7, 11) is 0. The molecule has 1 aromatic rings. The van der Waals surface area contributed by atoms with Crippen LogP contribution in [0.3, 0.4) is 0 Å². The summed E-state index contributed by atoms with van der Waals surface area (Å²) in [6.07, 6.45) is 4.75. The highest BCUT2D eigenvalue weighted by atomic mass is 16.2. The van der Waals surface area contributed by atoms with Crippen LogP contribution in [0.5, 0.6) is 0 Å². The number of rotatable bonds is 5. The molecule has 94 valence electrons. The molecule has 0 aliphatic carbocycles. The van der Waals surface area contributed by atoms with Gasteiger partial charge < -0.3 is 15.6 Å². The molecule has 1 aromatic heterocycles. The Morgan fingerprint density at radius 1 is 1.41 bits per heavy atom. The highest BCUT2D eigenvalue weighted by molar-refractivity contribution is 5.78. The normalized spacial score (nSPS) is 16.9. The van der Waals surface area contributed by atoms with Gasteiger partial charge in [-0.3, -0.25) is 9.69 Å². The van der Waals surface area contributed by atoms with Gasteiger partial charge in [-0.25, -0.2) is 0 Å². The van der Waals surface area contributed by atoms with Crippen LogP contribution in [0.15, 0.2) is 18.5 Å². The van der Waals surface area contributed by atoms with Crippen LogP contribution in [0.2, 0.25) is 0 Å². The van der Waals surface area contributed by atoms with Gasteiger partial charge >= 0.3 is 0 Å². The van der Waals surface area contributed by atoms with Crippen LogP contribution in [0, 0.1) is 0 Å². The summed E-state index contributed by atoms with van der Waals surface area (Å²) in [6, 6.07) is 2.03. The predicted octanol–water partition coefficient (Wildman–Crippen LogP) is -0.421. The molecule has 0 aromatic carbocycles. The maximum Gasteiger partial charge on any atom is 0.234 e. The quantitative estimate of drug-likeness (QED) is 0.651. The summed E-state index contributed by atoms with van der Waals surface area (Å²) in [5, 5.41) is 6.23. The molecule has 0 bridgehead atoms. The third-order valence-electron chi connectivity index (χ3n) is 2.98. The molecule has 2 rings (SSSR count). The smallest absolute Gasteiger partial charge is 0.234 e. The number of hydrogen-bond donors (Lipinski definition) is 3. The SMILES string of the molecule is O=C(CN1CCNCC1)NCCc1cc[nH]c1. The van der Waals surface area contributed by atoms with Gasteiger partial charge in [0.1, 0.15) is 0 Å². The first-order chi connectivity index (χ1) is 8.34. The molecule has 0 atom stereocenters. The van der Waals surface area contributed by atoms with E-state index in [0.29, 0.717) is 13.1 Å². The highest BCUT2D eigenvalue weighted by Crippen LogP contribution is 1.96. The molecule has 1 amide bonds. The van der Waals surface area contributed by atoms with Gasteiger partial charge in [0.05, 0.1) is 6.54 Å². The standard InChI is InChI=1S/C12H20N4O/c17-12(10-16-7-5-13-6-8-16)15-4-2-11-1-3-14-9-11/h1,3,9,13-14H,2,4-8,10H2,(H,15,17). The lowest BCUT2D eigenvalue weighted by molar-refractivity contribution is -0.122. The number of aromatic amines is 1. The lowest BCUT2D eigenvalue weighted by Gasteiger charge is -2.26. The number of H-pyrrole nitrogens is 1. The van der Waals surface area contributed by atoms with Gasteiger partial charge in [0, 0.05) is 45.1 Å². The maximum atomic E-state index is 11.7. The Labute approximate surface area is 102 Å². The molecule has 5 heteroatoms. The van der Waals surface area contributed by atoms with Crippen molar-refractivity contribution in [1.82, 2.24) is 20.5 Å². The van der Waals surface area contributed by atoms with E-state index in [0.717, 1.165) is 32.6 Å². The van der Waals surface area contributed by atoms with E-state index >= 15 is 0 Å². The molecule has 0 unspecified atom stereocenters. The number of hydrogen-bond acceptors (Lipinski definition) is 3. The lowest BCUT2D eigenvalue weighted by atomic mass is 10.2. The van der Waals surface area contributed by atoms with Crippen molar-refractivity contribution >= 4 is 5.91 Å². The maximum absolute atomic E-state index is 11.7. The van der Waals surface area contributed by atoms with Gasteiger partial charge in [-0.2, -0.15) is 0 Å². The molecule has 3 N–H and O–H groups in total. The summed E-state index contributed by atoms with van der Waals surface area (Å²) in [4.78, 5) is 16.8. The first-order valence-corrected chi connectivity index (χ1v) is 6.16. The summed E-state index contributed by atoms with van der Waals surface area (Å²) >= 11 is 0. The summed E-state index contributed by atoms with van der Waals surface area (Å²) in [5.41, 5.74) is 1.23. The van der Waals surface area contributed by atoms with Crippen molar-refractivity contribution in [2.24, 2.45) is 0 Å². The Balaban J connectivity index is 1.60. The van der Waals surface area contributed by atoms with Gasteiger partial charge in [-0.15, -0.1) is 0 Å². The van der Waals surface area contributed by atoms with Crippen molar-refractivity contribution in [1.29, 1.82) is 0 Å². The molecular formula is C12H20N4O. The number of carbonyl (C=O) groups excluding carboxylic acids is 1. The average molecular weight is 236 g/mol. The van der Waals surface area contributed by atoms with Crippen LogP contribution in [0.25, 0.3) is 0 Å². The minimum absolute atomic E-state index is 0.127. The molecule has 5 nitrogen and oxygen atoms in total. The van der Waals surface area contributed by atoms with E-state index < -0.39 is 0 Å². The fourth-order valence-electron chi connectivity index (χ4n) is 1.99. The van der Waals surface area contributed by atoms with Crippen molar-refractivity contribution in [2.75, 3.05) is 39.3 Å². The van der Waals surface area contributed by atoms with E-state index in [1.54, 1.807) is 0 Å². The second kappa shape index (κ2) is 6.42. The Bertz CT molecular complexity index is 330.